The molecule has 0 bridgehead atoms. The van der Waals surface area contributed by atoms with E-state index < -0.39 is 0 Å². The summed E-state index contributed by atoms with van der Waals surface area (Å²) in [4.78, 5) is 11.9. The predicted octanol–water partition coefficient (Wildman–Crippen LogP) is 4.31. The van der Waals surface area contributed by atoms with Crippen molar-refractivity contribution >= 4 is 6.08 Å². The molecular formula is C17H14FN3. The Kier molecular flexibility index (Phi) is 3.60. The second kappa shape index (κ2) is 5.71. The SMILES string of the molecule is CC=Cc1nc(-c2ccc(F)cc2)c(-c2ccncc2)[nH]1. The number of imidazole rings is 1. The number of allylic oxidation sites excluding steroid dienone is 1. The van der Waals surface area contributed by atoms with Gasteiger partial charge in [-0.25, -0.2) is 9.37 Å². The number of H-pyrrole nitrogens is 1. The van der Waals surface area contributed by atoms with Gasteiger partial charge >= 0.3 is 0 Å². The molecule has 3 nitrogen and oxygen atoms in total. The van der Waals surface area contributed by atoms with Crippen molar-refractivity contribution in [1.82, 2.24) is 15.0 Å². The van der Waals surface area contributed by atoms with Crippen LogP contribution in [0.1, 0.15) is 12.7 Å². The van der Waals surface area contributed by atoms with Crippen LogP contribution in [0.15, 0.2) is 54.9 Å². The lowest BCUT2D eigenvalue weighted by Crippen LogP contribution is -1.84. The quantitative estimate of drug-likeness (QED) is 0.776. The Morgan fingerprint density at radius 2 is 1.71 bits per heavy atom. The Balaban J connectivity index is 2.16. The molecule has 0 amide bonds. The van der Waals surface area contributed by atoms with E-state index >= 15 is 0 Å². The minimum atomic E-state index is -0.256. The van der Waals surface area contributed by atoms with Gasteiger partial charge in [0.2, 0.25) is 0 Å². The van der Waals surface area contributed by atoms with Crippen molar-refractivity contribution in [2.45, 2.75) is 6.92 Å². The molecule has 4 heteroatoms. The molecule has 0 aliphatic heterocycles. The number of nitrogens with zero attached hydrogens (tertiary/aromatic N) is 2. The van der Waals surface area contributed by atoms with E-state index in [4.69, 9.17) is 0 Å². The lowest BCUT2D eigenvalue weighted by Gasteiger charge is -2.02. The number of hydrogen-bond acceptors (Lipinski definition) is 2. The van der Waals surface area contributed by atoms with Gasteiger partial charge in [0.1, 0.15) is 11.6 Å². The summed E-state index contributed by atoms with van der Waals surface area (Å²) in [6.45, 7) is 1.94. The Morgan fingerprint density at radius 1 is 1.00 bits per heavy atom. The first-order chi connectivity index (χ1) is 10.3. The van der Waals surface area contributed by atoms with Crippen LogP contribution in [0.4, 0.5) is 4.39 Å². The second-order valence-corrected chi connectivity index (χ2v) is 4.59. The van der Waals surface area contributed by atoms with E-state index in [1.165, 1.54) is 12.1 Å². The molecule has 2 heterocycles. The summed E-state index contributed by atoms with van der Waals surface area (Å²) in [5.74, 6) is 0.511. The number of benzene rings is 1. The van der Waals surface area contributed by atoms with Gasteiger partial charge in [0.15, 0.2) is 0 Å². The largest absolute Gasteiger partial charge is 0.338 e. The summed E-state index contributed by atoms with van der Waals surface area (Å²) in [6, 6.07) is 10.2. The molecule has 3 aromatic rings. The van der Waals surface area contributed by atoms with Crippen LogP contribution in [0.3, 0.4) is 0 Å². The predicted molar refractivity (Wildman–Crippen MR) is 81.9 cm³/mol. The molecular weight excluding hydrogens is 265 g/mol. The van der Waals surface area contributed by atoms with Crippen molar-refractivity contribution in [3.05, 3.63) is 66.5 Å². The van der Waals surface area contributed by atoms with Crippen LogP contribution in [0.25, 0.3) is 28.6 Å². The van der Waals surface area contributed by atoms with E-state index in [0.717, 1.165) is 28.3 Å². The van der Waals surface area contributed by atoms with Crippen LogP contribution in [0, 0.1) is 5.82 Å². The summed E-state index contributed by atoms with van der Waals surface area (Å²) < 4.78 is 13.1. The monoisotopic (exact) mass is 279 g/mol. The summed E-state index contributed by atoms with van der Waals surface area (Å²) in [5, 5.41) is 0. The maximum Gasteiger partial charge on any atom is 0.130 e. The first-order valence-electron chi connectivity index (χ1n) is 6.67. The highest BCUT2D eigenvalue weighted by atomic mass is 19.1. The molecule has 0 spiro atoms. The number of rotatable bonds is 3. The molecule has 0 saturated heterocycles. The average molecular weight is 279 g/mol. The summed E-state index contributed by atoms with van der Waals surface area (Å²) in [7, 11) is 0. The average Bonchev–Trinajstić information content (AvgIpc) is 2.93. The summed E-state index contributed by atoms with van der Waals surface area (Å²) in [6.07, 6.45) is 7.29. The molecule has 3 rings (SSSR count). The standard InChI is InChI=1S/C17H14FN3/c1-2-3-15-20-16(12-4-6-14(18)7-5-12)17(21-15)13-8-10-19-11-9-13/h2-11H,1H3,(H,20,21). The topological polar surface area (TPSA) is 41.6 Å². The molecule has 1 aromatic carbocycles. The normalized spacial score (nSPS) is 11.1. The highest BCUT2D eigenvalue weighted by Gasteiger charge is 2.13. The van der Waals surface area contributed by atoms with Crippen molar-refractivity contribution in [1.29, 1.82) is 0 Å². The second-order valence-electron chi connectivity index (χ2n) is 4.59. The van der Waals surface area contributed by atoms with Crippen LogP contribution in [0.5, 0.6) is 0 Å². The molecule has 104 valence electrons. The number of hydrogen-bond donors (Lipinski definition) is 1. The lowest BCUT2D eigenvalue weighted by atomic mass is 10.1. The van der Waals surface area contributed by atoms with Crippen LogP contribution in [-0.4, -0.2) is 15.0 Å². The number of pyridine rings is 1. The smallest absolute Gasteiger partial charge is 0.130 e. The van der Waals surface area contributed by atoms with Gasteiger partial charge in [-0.2, -0.15) is 0 Å². The number of nitrogens with one attached hydrogen (secondary N) is 1. The van der Waals surface area contributed by atoms with E-state index in [9.17, 15) is 4.39 Å². The highest BCUT2D eigenvalue weighted by molar-refractivity contribution is 5.79. The number of aromatic amines is 1. The van der Waals surface area contributed by atoms with Crippen molar-refractivity contribution in [3.8, 4) is 22.5 Å². The van der Waals surface area contributed by atoms with E-state index in [1.54, 1.807) is 24.5 Å². The third-order valence-corrected chi connectivity index (χ3v) is 3.13. The minimum Gasteiger partial charge on any atom is -0.338 e. The van der Waals surface area contributed by atoms with Crippen LogP contribution in [0.2, 0.25) is 0 Å². The number of aromatic nitrogens is 3. The third-order valence-electron chi connectivity index (χ3n) is 3.13. The van der Waals surface area contributed by atoms with Gasteiger partial charge < -0.3 is 4.98 Å². The minimum absolute atomic E-state index is 0.256. The van der Waals surface area contributed by atoms with Crippen molar-refractivity contribution in [3.63, 3.8) is 0 Å². The fourth-order valence-corrected chi connectivity index (χ4v) is 2.17. The van der Waals surface area contributed by atoms with E-state index in [0.29, 0.717) is 0 Å². The zero-order chi connectivity index (χ0) is 14.7. The summed E-state index contributed by atoms with van der Waals surface area (Å²) >= 11 is 0. The molecule has 0 fully saturated rings. The molecule has 21 heavy (non-hydrogen) atoms. The molecule has 0 saturated carbocycles. The summed E-state index contributed by atoms with van der Waals surface area (Å²) in [5.41, 5.74) is 3.56. The van der Waals surface area contributed by atoms with Crippen molar-refractivity contribution in [2.24, 2.45) is 0 Å². The molecule has 0 aliphatic rings. The number of halogens is 1. The van der Waals surface area contributed by atoms with E-state index in [1.807, 2.05) is 31.2 Å². The van der Waals surface area contributed by atoms with Gasteiger partial charge in [-0.15, -0.1) is 0 Å². The maximum absolute atomic E-state index is 13.1. The Bertz CT molecular complexity index is 758. The first-order valence-corrected chi connectivity index (χ1v) is 6.67. The fourth-order valence-electron chi connectivity index (χ4n) is 2.17. The zero-order valence-corrected chi connectivity index (χ0v) is 11.5. The first kappa shape index (κ1) is 13.2. The van der Waals surface area contributed by atoms with Gasteiger partial charge in [0, 0.05) is 23.5 Å². The molecule has 1 N–H and O–H groups in total. The maximum atomic E-state index is 13.1. The van der Waals surface area contributed by atoms with Crippen molar-refractivity contribution < 1.29 is 4.39 Å². The molecule has 0 aliphatic carbocycles. The Hall–Kier alpha value is -2.75. The van der Waals surface area contributed by atoms with Crippen molar-refractivity contribution in [2.75, 3.05) is 0 Å². The zero-order valence-electron chi connectivity index (χ0n) is 11.5. The van der Waals surface area contributed by atoms with E-state index in [2.05, 4.69) is 15.0 Å². The van der Waals surface area contributed by atoms with Gasteiger partial charge in [-0.05, 0) is 49.4 Å². The molecule has 2 aromatic heterocycles. The Labute approximate surface area is 122 Å². The van der Waals surface area contributed by atoms with Gasteiger partial charge in [0.05, 0.1) is 11.4 Å². The third kappa shape index (κ3) is 2.74. The highest BCUT2D eigenvalue weighted by Crippen LogP contribution is 2.30. The lowest BCUT2D eigenvalue weighted by molar-refractivity contribution is 0.628. The molecule has 0 radical (unpaired) electrons. The van der Waals surface area contributed by atoms with Crippen LogP contribution < -0.4 is 0 Å². The van der Waals surface area contributed by atoms with Crippen LogP contribution >= 0.6 is 0 Å². The van der Waals surface area contributed by atoms with E-state index in [-0.39, 0.29) is 5.82 Å². The van der Waals surface area contributed by atoms with Gasteiger partial charge in [0.25, 0.3) is 0 Å². The molecule has 0 atom stereocenters. The van der Waals surface area contributed by atoms with Crippen LogP contribution in [-0.2, 0) is 0 Å². The Morgan fingerprint density at radius 3 is 2.38 bits per heavy atom. The van der Waals surface area contributed by atoms with Gasteiger partial charge in [-0.3, -0.25) is 4.98 Å². The fraction of sp³-hybridized carbons (Fsp3) is 0.0588. The molecule has 0 unspecified atom stereocenters. The van der Waals surface area contributed by atoms with Gasteiger partial charge in [-0.1, -0.05) is 6.08 Å².